The summed E-state index contributed by atoms with van der Waals surface area (Å²) in [4.78, 5) is 0. The number of rotatable bonds is 10. The molecule has 0 aliphatic carbocycles. The molecule has 2 rings (SSSR count). The van der Waals surface area contributed by atoms with E-state index >= 15 is 0 Å². The molecule has 0 saturated carbocycles. The van der Waals surface area contributed by atoms with Crippen molar-refractivity contribution in [3.63, 3.8) is 0 Å². The van der Waals surface area contributed by atoms with Crippen molar-refractivity contribution < 1.29 is 9.47 Å². The van der Waals surface area contributed by atoms with Gasteiger partial charge in [0, 0.05) is 5.92 Å². The van der Waals surface area contributed by atoms with Crippen molar-refractivity contribution in [2.45, 2.75) is 105 Å². The highest BCUT2D eigenvalue weighted by Gasteiger charge is 2.24. The zero-order chi connectivity index (χ0) is 22.5. The molecule has 0 amide bonds. The molecule has 0 aliphatic heterocycles. The molecule has 0 unspecified atom stereocenters. The van der Waals surface area contributed by atoms with Gasteiger partial charge in [-0.1, -0.05) is 58.9 Å². The van der Waals surface area contributed by atoms with E-state index < -0.39 is 0 Å². The minimum Gasteiger partial charge on any atom is -0.487 e. The summed E-state index contributed by atoms with van der Waals surface area (Å²) in [6.07, 6.45) is 4.02. The third-order valence-electron chi connectivity index (χ3n) is 7.10. The molecular weight excluding hydrogens is 368 g/mol. The van der Waals surface area contributed by atoms with E-state index in [0.29, 0.717) is 5.92 Å². The molecule has 0 atom stereocenters. The van der Waals surface area contributed by atoms with Gasteiger partial charge in [0.1, 0.15) is 22.7 Å². The van der Waals surface area contributed by atoms with Gasteiger partial charge in [-0.25, -0.2) is 0 Å². The molecule has 0 aromatic heterocycles. The van der Waals surface area contributed by atoms with Crippen LogP contribution in [0, 0.1) is 13.8 Å². The molecule has 0 fully saturated rings. The average Bonchev–Trinajstić information content (AvgIpc) is 2.75. The first kappa shape index (κ1) is 24.3. The number of hydrogen-bond acceptors (Lipinski definition) is 2. The van der Waals surface area contributed by atoms with Crippen LogP contribution in [0.15, 0.2) is 36.4 Å². The van der Waals surface area contributed by atoms with Crippen molar-refractivity contribution in [1.82, 2.24) is 0 Å². The summed E-state index contributed by atoms with van der Waals surface area (Å²) < 4.78 is 12.7. The molecule has 2 heteroatoms. The van der Waals surface area contributed by atoms with Gasteiger partial charge in [-0.05, 0) is 87.8 Å². The second-order valence-electron chi connectivity index (χ2n) is 9.29. The standard InChI is InChI=1S/C28H42O2/c1-10-27(8,11-2)29-25-16-14-23(18-20(25)5)22(7)24-15-17-26(21(6)19-24)30-28(9,12-3)13-4/h14-19,22H,10-13H2,1-9H3. The molecule has 0 radical (unpaired) electrons. The lowest BCUT2D eigenvalue weighted by Gasteiger charge is -2.30. The Morgan fingerprint density at radius 2 is 1.00 bits per heavy atom. The molecule has 2 aromatic carbocycles. The van der Waals surface area contributed by atoms with Gasteiger partial charge in [0.25, 0.3) is 0 Å². The van der Waals surface area contributed by atoms with Crippen LogP contribution < -0.4 is 9.47 Å². The van der Waals surface area contributed by atoms with E-state index in [1.807, 2.05) is 0 Å². The van der Waals surface area contributed by atoms with Crippen LogP contribution in [-0.4, -0.2) is 11.2 Å². The zero-order valence-corrected chi connectivity index (χ0v) is 20.7. The molecule has 0 spiro atoms. The van der Waals surface area contributed by atoms with E-state index in [-0.39, 0.29) is 11.2 Å². The van der Waals surface area contributed by atoms with Gasteiger partial charge in [0.05, 0.1) is 0 Å². The highest BCUT2D eigenvalue weighted by atomic mass is 16.5. The summed E-state index contributed by atoms with van der Waals surface area (Å²) in [6, 6.07) is 13.3. The highest BCUT2D eigenvalue weighted by Crippen LogP contribution is 2.34. The van der Waals surface area contributed by atoms with Crippen LogP contribution in [-0.2, 0) is 0 Å². The molecule has 30 heavy (non-hydrogen) atoms. The monoisotopic (exact) mass is 410 g/mol. The lowest BCUT2D eigenvalue weighted by atomic mass is 9.90. The van der Waals surface area contributed by atoms with Crippen LogP contribution in [0.1, 0.15) is 102 Å². The van der Waals surface area contributed by atoms with Gasteiger partial charge in [0.15, 0.2) is 0 Å². The first-order valence-electron chi connectivity index (χ1n) is 11.7. The van der Waals surface area contributed by atoms with E-state index in [2.05, 4.69) is 98.7 Å². The fourth-order valence-electron chi connectivity index (χ4n) is 3.62. The summed E-state index contributed by atoms with van der Waals surface area (Å²) >= 11 is 0. The van der Waals surface area contributed by atoms with Gasteiger partial charge in [-0.15, -0.1) is 0 Å². The largest absolute Gasteiger partial charge is 0.487 e. The molecule has 0 N–H and O–H groups in total. The Balaban J connectivity index is 2.23. The quantitative estimate of drug-likeness (QED) is 0.391. The van der Waals surface area contributed by atoms with Crippen LogP contribution in [0.5, 0.6) is 11.5 Å². The fourth-order valence-corrected chi connectivity index (χ4v) is 3.62. The van der Waals surface area contributed by atoms with E-state index in [1.165, 1.54) is 22.3 Å². The number of hydrogen-bond donors (Lipinski definition) is 0. The predicted octanol–water partition coefficient (Wildman–Crippen LogP) is 8.37. The summed E-state index contributed by atoms with van der Waals surface area (Å²) in [7, 11) is 0. The third kappa shape index (κ3) is 5.59. The van der Waals surface area contributed by atoms with Crippen molar-refractivity contribution in [2.24, 2.45) is 0 Å². The Kier molecular flexibility index (Phi) is 8.02. The third-order valence-corrected chi connectivity index (χ3v) is 7.10. The smallest absolute Gasteiger partial charge is 0.123 e. The minimum atomic E-state index is -0.101. The second-order valence-corrected chi connectivity index (χ2v) is 9.29. The molecule has 0 saturated heterocycles. The summed E-state index contributed by atoms with van der Waals surface area (Å²) in [5.74, 6) is 2.31. The van der Waals surface area contributed by atoms with E-state index in [4.69, 9.17) is 9.47 Å². The number of aryl methyl sites for hydroxylation is 2. The van der Waals surface area contributed by atoms with Crippen LogP contribution >= 0.6 is 0 Å². The summed E-state index contributed by atoms with van der Waals surface area (Å²) in [5.41, 5.74) is 4.83. The highest BCUT2D eigenvalue weighted by molar-refractivity contribution is 5.44. The van der Waals surface area contributed by atoms with Crippen molar-refractivity contribution in [3.8, 4) is 11.5 Å². The van der Waals surface area contributed by atoms with Gasteiger partial charge in [-0.2, -0.15) is 0 Å². The fraction of sp³-hybridized carbons (Fsp3) is 0.571. The predicted molar refractivity (Wildman–Crippen MR) is 129 cm³/mol. The Labute approximate surface area is 185 Å². The molecule has 2 nitrogen and oxygen atoms in total. The maximum atomic E-state index is 6.36. The van der Waals surface area contributed by atoms with Crippen molar-refractivity contribution in [1.29, 1.82) is 0 Å². The minimum absolute atomic E-state index is 0.101. The van der Waals surface area contributed by atoms with Gasteiger partial charge in [-0.3, -0.25) is 0 Å². The van der Waals surface area contributed by atoms with Crippen molar-refractivity contribution >= 4 is 0 Å². The van der Waals surface area contributed by atoms with Gasteiger partial charge in [0.2, 0.25) is 0 Å². The molecule has 166 valence electrons. The maximum Gasteiger partial charge on any atom is 0.123 e. The van der Waals surface area contributed by atoms with Crippen LogP contribution in [0.4, 0.5) is 0 Å². The Bertz CT molecular complexity index is 759. The second kappa shape index (κ2) is 9.90. The molecule has 0 aliphatic rings. The molecule has 0 heterocycles. The molecule has 2 aromatic rings. The maximum absolute atomic E-state index is 6.36. The van der Waals surface area contributed by atoms with Crippen LogP contribution in [0.3, 0.4) is 0 Å². The van der Waals surface area contributed by atoms with Crippen molar-refractivity contribution in [2.75, 3.05) is 0 Å². The lowest BCUT2D eigenvalue weighted by Crippen LogP contribution is -2.30. The SMILES string of the molecule is CCC(C)(CC)Oc1ccc(C(C)c2ccc(OC(C)(CC)CC)c(C)c2)cc1C. The number of benzene rings is 2. The van der Waals surface area contributed by atoms with E-state index in [1.54, 1.807) is 0 Å². The topological polar surface area (TPSA) is 18.5 Å². The van der Waals surface area contributed by atoms with Gasteiger partial charge < -0.3 is 9.47 Å². The number of ether oxygens (including phenoxy) is 2. The summed E-state index contributed by atoms with van der Waals surface area (Å²) in [6.45, 7) is 19.7. The summed E-state index contributed by atoms with van der Waals surface area (Å²) in [5, 5.41) is 0. The van der Waals surface area contributed by atoms with Crippen molar-refractivity contribution in [3.05, 3.63) is 58.7 Å². The molecule has 0 bridgehead atoms. The molecular formula is C28H42O2. The van der Waals surface area contributed by atoms with E-state index in [9.17, 15) is 0 Å². The Hall–Kier alpha value is -1.96. The lowest BCUT2D eigenvalue weighted by molar-refractivity contribution is 0.0792. The van der Waals surface area contributed by atoms with Crippen LogP contribution in [0.25, 0.3) is 0 Å². The average molecular weight is 411 g/mol. The van der Waals surface area contributed by atoms with E-state index in [0.717, 1.165) is 37.2 Å². The first-order chi connectivity index (χ1) is 14.1. The van der Waals surface area contributed by atoms with Gasteiger partial charge >= 0.3 is 0 Å². The van der Waals surface area contributed by atoms with Crippen LogP contribution in [0.2, 0.25) is 0 Å². The Morgan fingerprint density at radius 3 is 1.27 bits per heavy atom. The Morgan fingerprint density at radius 1 is 0.667 bits per heavy atom. The zero-order valence-electron chi connectivity index (χ0n) is 20.7. The normalized spacial score (nSPS) is 12.3. The first-order valence-corrected chi connectivity index (χ1v) is 11.7.